The van der Waals surface area contributed by atoms with Gasteiger partial charge in [-0.25, -0.2) is 9.79 Å². The van der Waals surface area contributed by atoms with E-state index in [0.717, 1.165) is 5.56 Å². The van der Waals surface area contributed by atoms with Gasteiger partial charge >= 0.3 is 5.97 Å². The van der Waals surface area contributed by atoms with Gasteiger partial charge in [-0.05, 0) is 54.1 Å². The number of carboxylic acids is 1. The van der Waals surface area contributed by atoms with Crippen molar-refractivity contribution in [1.82, 2.24) is 5.32 Å². The van der Waals surface area contributed by atoms with E-state index in [1.807, 2.05) is 24.3 Å². The fourth-order valence-electron chi connectivity index (χ4n) is 2.58. The third kappa shape index (κ3) is 5.39. The molecule has 1 aliphatic rings. The molecule has 0 saturated carbocycles. The van der Waals surface area contributed by atoms with Gasteiger partial charge in [-0.2, -0.15) is 0 Å². The second-order valence-corrected chi connectivity index (χ2v) is 7.14. The first-order valence-electron chi connectivity index (χ1n) is 8.91. The lowest BCUT2D eigenvalue weighted by molar-refractivity contribution is -0.145. The fraction of sp³-hybridized carbons (Fsp3) is 0.190. The molecule has 0 spiro atoms. The Hall–Kier alpha value is -3.26. The molecular weight excluding hydrogens is 392 g/mol. The molecule has 7 nitrogen and oxygen atoms in total. The maximum absolute atomic E-state index is 12.3. The summed E-state index contributed by atoms with van der Waals surface area (Å²) in [7, 11) is 1.58. The number of methoxy groups -OCH3 is 1. The van der Waals surface area contributed by atoms with E-state index >= 15 is 0 Å². The third-order valence-corrected chi connectivity index (χ3v) is 4.93. The molecule has 8 heteroatoms. The van der Waals surface area contributed by atoms with Gasteiger partial charge in [0.1, 0.15) is 11.5 Å². The van der Waals surface area contributed by atoms with Crippen molar-refractivity contribution in [2.24, 2.45) is 4.99 Å². The van der Waals surface area contributed by atoms with Gasteiger partial charge in [-0.1, -0.05) is 25.1 Å². The van der Waals surface area contributed by atoms with Crippen molar-refractivity contribution >= 4 is 40.6 Å². The zero-order chi connectivity index (χ0) is 20.8. The maximum Gasteiger partial charge on any atom is 0.344 e. The molecule has 1 heterocycles. The molecule has 1 aliphatic heterocycles. The second-order valence-electron chi connectivity index (χ2n) is 6.11. The topological polar surface area (TPSA) is 97.2 Å². The Morgan fingerprint density at radius 3 is 2.72 bits per heavy atom. The molecule has 0 bridgehead atoms. The lowest BCUT2D eigenvalue weighted by atomic mass is 10.2. The van der Waals surface area contributed by atoms with Crippen LogP contribution in [0.2, 0.25) is 0 Å². The lowest BCUT2D eigenvalue weighted by Gasteiger charge is -2.13. The summed E-state index contributed by atoms with van der Waals surface area (Å²) in [5.41, 5.74) is 1.39. The Morgan fingerprint density at radius 2 is 2.00 bits per heavy atom. The minimum absolute atomic E-state index is 0.250. The molecule has 0 aliphatic carbocycles. The SMILES string of the molecule is CCC(Oc1cccc(/C=C2/SC(=Nc3cccc(OC)c3)NC2=O)c1)C(=O)O. The van der Waals surface area contributed by atoms with Gasteiger partial charge in [0.05, 0.1) is 17.7 Å². The standard InChI is InChI=1S/C21H20N2O5S/c1-3-17(20(25)26)28-16-9-4-6-13(10-16)11-18-19(24)23-21(29-18)22-14-7-5-8-15(12-14)27-2/h4-12,17H,3H2,1-2H3,(H,25,26)(H,22,23,24)/b18-11+. The highest BCUT2D eigenvalue weighted by atomic mass is 32.2. The largest absolute Gasteiger partial charge is 0.497 e. The van der Waals surface area contributed by atoms with Gasteiger partial charge in [0, 0.05) is 6.07 Å². The first kappa shape index (κ1) is 20.5. The van der Waals surface area contributed by atoms with E-state index in [1.165, 1.54) is 11.8 Å². The highest BCUT2D eigenvalue weighted by Gasteiger charge is 2.24. The molecule has 2 aromatic rings. The van der Waals surface area contributed by atoms with Crippen LogP contribution in [-0.2, 0) is 9.59 Å². The van der Waals surface area contributed by atoms with Gasteiger partial charge < -0.3 is 19.9 Å². The number of nitrogens with one attached hydrogen (secondary N) is 1. The van der Waals surface area contributed by atoms with Crippen LogP contribution in [0.15, 0.2) is 58.4 Å². The highest BCUT2D eigenvalue weighted by molar-refractivity contribution is 8.18. The molecular formula is C21H20N2O5S. The van der Waals surface area contributed by atoms with Crippen LogP contribution in [0, 0.1) is 0 Å². The van der Waals surface area contributed by atoms with Crippen LogP contribution < -0.4 is 14.8 Å². The molecule has 1 atom stereocenters. The van der Waals surface area contributed by atoms with E-state index in [4.69, 9.17) is 14.6 Å². The number of aliphatic carboxylic acids is 1. The summed E-state index contributed by atoms with van der Waals surface area (Å²) in [5.74, 6) is -0.150. The summed E-state index contributed by atoms with van der Waals surface area (Å²) in [6, 6.07) is 14.2. The number of carbonyl (C=O) groups excluding carboxylic acids is 1. The Bertz CT molecular complexity index is 987. The van der Waals surface area contributed by atoms with Crippen molar-refractivity contribution in [3.63, 3.8) is 0 Å². The molecule has 29 heavy (non-hydrogen) atoms. The zero-order valence-corrected chi connectivity index (χ0v) is 16.7. The van der Waals surface area contributed by atoms with Crippen LogP contribution in [-0.4, -0.2) is 35.4 Å². The van der Waals surface area contributed by atoms with E-state index in [-0.39, 0.29) is 5.91 Å². The zero-order valence-electron chi connectivity index (χ0n) is 15.9. The maximum atomic E-state index is 12.3. The third-order valence-electron chi connectivity index (χ3n) is 4.02. The van der Waals surface area contributed by atoms with Crippen LogP contribution in [0.4, 0.5) is 5.69 Å². The number of hydrogen-bond acceptors (Lipinski definition) is 6. The molecule has 1 fully saturated rings. The van der Waals surface area contributed by atoms with Crippen LogP contribution >= 0.6 is 11.8 Å². The molecule has 0 radical (unpaired) electrons. The van der Waals surface area contributed by atoms with Crippen molar-refractivity contribution in [1.29, 1.82) is 0 Å². The Morgan fingerprint density at radius 1 is 1.24 bits per heavy atom. The molecule has 1 unspecified atom stereocenters. The number of nitrogens with zero attached hydrogens (tertiary/aromatic N) is 1. The van der Waals surface area contributed by atoms with Crippen molar-refractivity contribution in [2.75, 3.05) is 7.11 Å². The number of ether oxygens (including phenoxy) is 2. The number of carboxylic acid groups (broad SMARTS) is 1. The summed E-state index contributed by atoms with van der Waals surface area (Å²) in [4.78, 5) is 28.4. The van der Waals surface area contributed by atoms with Gasteiger partial charge in [-0.15, -0.1) is 0 Å². The predicted molar refractivity (Wildman–Crippen MR) is 113 cm³/mol. The molecule has 2 aromatic carbocycles. The van der Waals surface area contributed by atoms with E-state index < -0.39 is 12.1 Å². The summed E-state index contributed by atoms with van der Waals surface area (Å²) in [5, 5.41) is 12.3. The molecule has 150 valence electrons. The first-order valence-corrected chi connectivity index (χ1v) is 9.73. The average molecular weight is 412 g/mol. The smallest absolute Gasteiger partial charge is 0.344 e. The lowest BCUT2D eigenvalue weighted by Crippen LogP contribution is -2.25. The number of amides is 1. The molecule has 1 amide bonds. The second kappa shape index (κ2) is 9.29. The highest BCUT2D eigenvalue weighted by Crippen LogP contribution is 2.29. The van der Waals surface area contributed by atoms with E-state index in [2.05, 4.69) is 10.3 Å². The Balaban J connectivity index is 1.77. The van der Waals surface area contributed by atoms with E-state index in [0.29, 0.717) is 33.7 Å². The van der Waals surface area contributed by atoms with Gasteiger partial charge in [0.25, 0.3) is 5.91 Å². The monoisotopic (exact) mass is 412 g/mol. The van der Waals surface area contributed by atoms with Crippen molar-refractivity contribution in [2.45, 2.75) is 19.4 Å². The molecule has 2 N–H and O–H groups in total. The normalized spacial score (nSPS) is 17.2. The van der Waals surface area contributed by atoms with Crippen molar-refractivity contribution in [3.8, 4) is 11.5 Å². The van der Waals surface area contributed by atoms with Crippen molar-refractivity contribution in [3.05, 3.63) is 59.0 Å². The van der Waals surface area contributed by atoms with Gasteiger partial charge in [0.15, 0.2) is 11.3 Å². The fourth-order valence-corrected chi connectivity index (χ4v) is 3.42. The molecule has 0 aromatic heterocycles. The summed E-state index contributed by atoms with van der Waals surface area (Å²) in [6.45, 7) is 1.74. The van der Waals surface area contributed by atoms with E-state index in [9.17, 15) is 9.59 Å². The number of carbonyl (C=O) groups is 2. The van der Waals surface area contributed by atoms with Crippen LogP contribution in [0.5, 0.6) is 11.5 Å². The number of thioether (sulfide) groups is 1. The number of hydrogen-bond donors (Lipinski definition) is 2. The molecule has 1 saturated heterocycles. The summed E-state index contributed by atoms with van der Waals surface area (Å²) < 4.78 is 10.7. The van der Waals surface area contributed by atoms with Gasteiger partial charge in [0.2, 0.25) is 0 Å². The minimum Gasteiger partial charge on any atom is -0.497 e. The number of rotatable bonds is 7. The average Bonchev–Trinajstić information content (AvgIpc) is 3.05. The number of amidine groups is 1. The quantitative estimate of drug-likeness (QED) is 0.671. The first-order chi connectivity index (χ1) is 14.0. The number of benzene rings is 2. The minimum atomic E-state index is -1.01. The van der Waals surface area contributed by atoms with Crippen LogP contribution in [0.1, 0.15) is 18.9 Å². The Labute approximate surface area is 172 Å². The van der Waals surface area contributed by atoms with Crippen molar-refractivity contribution < 1.29 is 24.2 Å². The number of aliphatic imine (C=N–C) groups is 1. The van der Waals surface area contributed by atoms with E-state index in [1.54, 1.807) is 44.4 Å². The van der Waals surface area contributed by atoms with Crippen LogP contribution in [0.3, 0.4) is 0 Å². The predicted octanol–water partition coefficient (Wildman–Crippen LogP) is 3.83. The summed E-state index contributed by atoms with van der Waals surface area (Å²) in [6.07, 6.45) is 1.15. The molecule has 3 rings (SSSR count). The van der Waals surface area contributed by atoms with Gasteiger partial charge in [-0.3, -0.25) is 4.79 Å². The van der Waals surface area contributed by atoms with Crippen LogP contribution in [0.25, 0.3) is 6.08 Å². The Kier molecular flexibility index (Phi) is 6.56. The summed E-state index contributed by atoms with van der Waals surface area (Å²) >= 11 is 1.23.